The van der Waals surface area contributed by atoms with Gasteiger partial charge in [-0.3, -0.25) is 9.69 Å². The molecule has 122 valence electrons. The zero-order chi connectivity index (χ0) is 16.8. The van der Waals surface area contributed by atoms with Gasteiger partial charge in [0.05, 0.1) is 24.3 Å². The highest BCUT2D eigenvalue weighted by Gasteiger charge is 2.18. The van der Waals surface area contributed by atoms with E-state index in [0.29, 0.717) is 12.1 Å². The minimum atomic E-state index is -1.03. The molecule has 0 bridgehead atoms. The number of carbonyl (C=O) groups excluding carboxylic acids is 1. The number of aromatic carboxylic acids is 1. The number of nitrogens with one attached hydrogen (secondary N) is 1. The number of likely N-dealkylation sites (N-methyl/N-ethyl adjacent to an activating group) is 1. The first kappa shape index (κ1) is 16.8. The molecule has 0 spiro atoms. The lowest BCUT2D eigenvalue weighted by Gasteiger charge is -2.22. The van der Waals surface area contributed by atoms with Crippen molar-refractivity contribution in [2.45, 2.75) is 12.5 Å². The van der Waals surface area contributed by atoms with Crippen molar-refractivity contribution in [3.63, 3.8) is 0 Å². The van der Waals surface area contributed by atoms with Gasteiger partial charge in [-0.05, 0) is 37.9 Å². The quantitative estimate of drug-likeness (QED) is 0.815. The van der Waals surface area contributed by atoms with Crippen LogP contribution in [-0.2, 0) is 11.2 Å². The van der Waals surface area contributed by atoms with Crippen molar-refractivity contribution in [1.82, 2.24) is 10.2 Å². The van der Waals surface area contributed by atoms with E-state index in [1.54, 1.807) is 30.5 Å². The van der Waals surface area contributed by atoms with Crippen LogP contribution in [0.4, 0.5) is 0 Å². The lowest BCUT2D eigenvalue weighted by molar-refractivity contribution is -0.120. The Balaban J connectivity index is 1.99. The number of benzene rings is 1. The summed E-state index contributed by atoms with van der Waals surface area (Å²) in [4.78, 5) is 25.2. The Bertz CT molecular complexity index is 665. The first-order valence-electron chi connectivity index (χ1n) is 7.26. The van der Waals surface area contributed by atoms with Gasteiger partial charge in [-0.1, -0.05) is 18.2 Å². The molecule has 1 aromatic heterocycles. The van der Waals surface area contributed by atoms with Gasteiger partial charge in [0.25, 0.3) is 0 Å². The van der Waals surface area contributed by atoms with E-state index in [-0.39, 0.29) is 23.9 Å². The van der Waals surface area contributed by atoms with Gasteiger partial charge in [0.15, 0.2) is 0 Å². The Morgan fingerprint density at radius 2 is 1.96 bits per heavy atom. The molecule has 2 aromatic rings. The van der Waals surface area contributed by atoms with Crippen molar-refractivity contribution in [2.24, 2.45) is 0 Å². The molecule has 6 nitrogen and oxygen atoms in total. The second-order valence-electron chi connectivity index (χ2n) is 5.44. The first-order chi connectivity index (χ1) is 11.0. The van der Waals surface area contributed by atoms with Crippen molar-refractivity contribution < 1.29 is 19.1 Å². The number of rotatable bonds is 7. The summed E-state index contributed by atoms with van der Waals surface area (Å²) in [6.07, 6.45) is 1.62. The van der Waals surface area contributed by atoms with Gasteiger partial charge in [-0.15, -0.1) is 0 Å². The maximum Gasteiger partial charge on any atom is 0.335 e. The number of amides is 1. The van der Waals surface area contributed by atoms with Crippen molar-refractivity contribution >= 4 is 11.9 Å². The molecule has 0 aliphatic heterocycles. The predicted molar refractivity (Wildman–Crippen MR) is 85.3 cm³/mol. The summed E-state index contributed by atoms with van der Waals surface area (Å²) in [5.74, 6) is -0.492. The largest absolute Gasteiger partial charge is 0.478 e. The molecule has 1 amide bonds. The van der Waals surface area contributed by atoms with Crippen LogP contribution in [0.15, 0.2) is 47.1 Å². The van der Waals surface area contributed by atoms with Crippen LogP contribution < -0.4 is 5.32 Å². The number of carboxylic acid groups (broad SMARTS) is 1. The van der Waals surface area contributed by atoms with Crippen molar-refractivity contribution in [2.75, 3.05) is 20.6 Å². The minimum Gasteiger partial charge on any atom is -0.478 e. The van der Waals surface area contributed by atoms with Crippen LogP contribution in [0.5, 0.6) is 0 Å². The van der Waals surface area contributed by atoms with Crippen LogP contribution in [0, 0.1) is 0 Å². The highest BCUT2D eigenvalue weighted by molar-refractivity contribution is 5.91. The standard InChI is InChI=1S/C17H20N2O4/c1-19(2)14(15-8-5-9-23-15)11-18-16(20)10-12-6-3-4-7-13(12)17(21)22/h3-9,14H,10-11H2,1-2H3,(H,18,20)(H,21,22). The van der Waals surface area contributed by atoms with Gasteiger partial charge >= 0.3 is 5.97 Å². The summed E-state index contributed by atoms with van der Waals surface area (Å²) in [6.45, 7) is 0.384. The van der Waals surface area contributed by atoms with Crippen LogP contribution in [0.2, 0.25) is 0 Å². The molecule has 1 aromatic carbocycles. The predicted octanol–water partition coefficient (Wildman–Crippen LogP) is 1.94. The molecule has 0 saturated carbocycles. The topological polar surface area (TPSA) is 82.8 Å². The van der Waals surface area contributed by atoms with E-state index in [2.05, 4.69) is 5.32 Å². The highest BCUT2D eigenvalue weighted by Crippen LogP contribution is 2.17. The van der Waals surface area contributed by atoms with Crippen LogP contribution >= 0.6 is 0 Å². The van der Waals surface area contributed by atoms with E-state index in [9.17, 15) is 9.59 Å². The van der Waals surface area contributed by atoms with Crippen LogP contribution in [-0.4, -0.2) is 42.5 Å². The summed E-state index contributed by atoms with van der Waals surface area (Å²) in [6, 6.07) is 10.1. The lowest BCUT2D eigenvalue weighted by Crippen LogP contribution is -2.35. The maximum atomic E-state index is 12.1. The fraction of sp³-hybridized carbons (Fsp3) is 0.294. The molecule has 6 heteroatoms. The van der Waals surface area contributed by atoms with Crippen molar-refractivity contribution in [3.05, 3.63) is 59.5 Å². The normalized spacial score (nSPS) is 12.1. The van der Waals surface area contributed by atoms with Crippen LogP contribution in [0.25, 0.3) is 0 Å². The van der Waals surface area contributed by atoms with E-state index in [4.69, 9.17) is 9.52 Å². The molecule has 0 fully saturated rings. The Morgan fingerprint density at radius 1 is 1.22 bits per heavy atom. The molecule has 1 atom stereocenters. The van der Waals surface area contributed by atoms with Gasteiger partial charge in [-0.25, -0.2) is 4.79 Å². The molecule has 1 heterocycles. The van der Waals surface area contributed by atoms with Gasteiger partial charge in [0, 0.05) is 6.54 Å². The molecule has 0 aliphatic rings. The lowest BCUT2D eigenvalue weighted by atomic mass is 10.0. The maximum absolute atomic E-state index is 12.1. The van der Waals surface area contributed by atoms with E-state index in [0.717, 1.165) is 5.76 Å². The minimum absolute atomic E-state index is 0.0285. The summed E-state index contributed by atoms with van der Waals surface area (Å²) in [7, 11) is 3.80. The number of hydrogen-bond donors (Lipinski definition) is 2. The number of nitrogens with zero attached hydrogens (tertiary/aromatic N) is 1. The average Bonchev–Trinajstić information content (AvgIpc) is 3.01. The summed E-state index contributed by atoms with van der Waals surface area (Å²) < 4.78 is 5.39. The zero-order valence-electron chi connectivity index (χ0n) is 13.2. The number of furan rings is 1. The van der Waals surface area contributed by atoms with Crippen LogP contribution in [0.1, 0.15) is 27.7 Å². The zero-order valence-corrected chi connectivity index (χ0v) is 13.2. The van der Waals surface area contributed by atoms with Crippen molar-refractivity contribution in [1.29, 1.82) is 0 Å². The number of carbonyl (C=O) groups is 2. The van der Waals surface area contributed by atoms with Gasteiger partial charge in [0.1, 0.15) is 5.76 Å². The SMILES string of the molecule is CN(C)C(CNC(=O)Cc1ccccc1C(=O)O)c1ccco1. The van der Waals surface area contributed by atoms with Gasteiger partial charge in [-0.2, -0.15) is 0 Å². The Hall–Kier alpha value is -2.60. The Kier molecular flexibility index (Phi) is 5.54. The summed E-state index contributed by atoms with van der Waals surface area (Å²) in [5.41, 5.74) is 0.648. The molecule has 1 unspecified atom stereocenters. The Labute approximate surface area is 134 Å². The molecular formula is C17H20N2O4. The van der Waals surface area contributed by atoms with Gasteiger partial charge < -0.3 is 14.8 Å². The van der Waals surface area contributed by atoms with E-state index < -0.39 is 5.97 Å². The molecule has 23 heavy (non-hydrogen) atoms. The smallest absolute Gasteiger partial charge is 0.335 e. The first-order valence-corrected chi connectivity index (χ1v) is 7.26. The fourth-order valence-corrected chi connectivity index (χ4v) is 2.35. The fourth-order valence-electron chi connectivity index (χ4n) is 2.35. The molecule has 2 rings (SSSR count). The molecule has 0 aliphatic carbocycles. The summed E-state index contributed by atoms with van der Waals surface area (Å²) in [5, 5.41) is 12.0. The highest BCUT2D eigenvalue weighted by atomic mass is 16.4. The molecular weight excluding hydrogens is 296 g/mol. The second kappa shape index (κ2) is 7.60. The third-order valence-electron chi connectivity index (χ3n) is 3.59. The summed E-state index contributed by atoms with van der Waals surface area (Å²) >= 11 is 0. The second-order valence-corrected chi connectivity index (χ2v) is 5.44. The molecule has 0 radical (unpaired) electrons. The van der Waals surface area contributed by atoms with E-state index in [1.807, 2.05) is 25.1 Å². The number of hydrogen-bond acceptors (Lipinski definition) is 4. The van der Waals surface area contributed by atoms with Crippen molar-refractivity contribution in [3.8, 4) is 0 Å². The third kappa shape index (κ3) is 4.43. The van der Waals surface area contributed by atoms with E-state index >= 15 is 0 Å². The molecule has 0 saturated heterocycles. The third-order valence-corrected chi connectivity index (χ3v) is 3.59. The van der Waals surface area contributed by atoms with E-state index in [1.165, 1.54) is 6.07 Å². The molecule has 2 N–H and O–H groups in total. The monoisotopic (exact) mass is 316 g/mol. The van der Waals surface area contributed by atoms with Gasteiger partial charge in [0.2, 0.25) is 5.91 Å². The van der Waals surface area contributed by atoms with Crippen LogP contribution in [0.3, 0.4) is 0 Å². The Morgan fingerprint density at radius 3 is 2.57 bits per heavy atom. The average molecular weight is 316 g/mol. The number of carboxylic acids is 1.